The van der Waals surface area contributed by atoms with Gasteiger partial charge in [0.2, 0.25) is 0 Å². The zero-order chi connectivity index (χ0) is 18.4. The SMILES string of the molecule is COc1ccc(-c2cc3nc4c(c(N5CCCC(O)C5)n3n2)CCC4)cc1. The van der Waals surface area contributed by atoms with Gasteiger partial charge in [-0.1, -0.05) is 0 Å². The molecular weight excluding hydrogens is 340 g/mol. The lowest BCUT2D eigenvalue weighted by Gasteiger charge is -2.33. The Balaban J connectivity index is 1.64. The maximum Gasteiger partial charge on any atom is 0.158 e. The number of aromatic nitrogens is 3. The maximum atomic E-state index is 10.2. The summed E-state index contributed by atoms with van der Waals surface area (Å²) in [5.74, 6) is 1.97. The van der Waals surface area contributed by atoms with Gasteiger partial charge in [-0.3, -0.25) is 0 Å². The van der Waals surface area contributed by atoms with Crippen LogP contribution in [0.4, 0.5) is 5.82 Å². The summed E-state index contributed by atoms with van der Waals surface area (Å²) in [4.78, 5) is 7.20. The van der Waals surface area contributed by atoms with E-state index in [0.29, 0.717) is 6.54 Å². The molecule has 1 unspecified atom stereocenters. The number of anilines is 1. The number of nitrogens with zero attached hydrogens (tertiary/aromatic N) is 4. The molecule has 3 heterocycles. The largest absolute Gasteiger partial charge is 0.497 e. The highest BCUT2D eigenvalue weighted by Gasteiger charge is 2.28. The van der Waals surface area contributed by atoms with Gasteiger partial charge in [-0.05, 0) is 56.4 Å². The molecule has 1 fully saturated rings. The third-order valence-electron chi connectivity index (χ3n) is 5.68. The Labute approximate surface area is 158 Å². The highest BCUT2D eigenvalue weighted by molar-refractivity contribution is 5.68. The zero-order valence-corrected chi connectivity index (χ0v) is 15.6. The second-order valence-corrected chi connectivity index (χ2v) is 7.48. The second kappa shape index (κ2) is 6.53. The number of aliphatic hydroxyl groups is 1. The minimum atomic E-state index is -0.268. The number of methoxy groups -OCH3 is 1. The van der Waals surface area contributed by atoms with E-state index >= 15 is 0 Å². The van der Waals surface area contributed by atoms with Gasteiger partial charge in [0.1, 0.15) is 11.6 Å². The van der Waals surface area contributed by atoms with Crippen molar-refractivity contribution >= 4 is 11.5 Å². The third kappa shape index (κ3) is 2.84. The molecule has 1 aliphatic carbocycles. The first-order valence-electron chi connectivity index (χ1n) is 9.72. The van der Waals surface area contributed by atoms with Crippen molar-refractivity contribution in [2.75, 3.05) is 25.1 Å². The highest BCUT2D eigenvalue weighted by Crippen LogP contribution is 2.34. The minimum absolute atomic E-state index is 0.268. The van der Waals surface area contributed by atoms with E-state index in [1.54, 1.807) is 7.11 Å². The number of β-amino-alcohol motifs (C(OH)–C–C–N with tert-alkyl or cyclic N) is 1. The Morgan fingerprint density at radius 2 is 2.00 bits per heavy atom. The fourth-order valence-electron chi connectivity index (χ4n) is 4.34. The van der Waals surface area contributed by atoms with E-state index < -0.39 is 0 Å². The maximum absolute atomic E-state index is 10.2. The number of hydrogen-bond donors (Lipinski definition) is 1. The van der Waals surface area contributed by atoms with Crippen LogP contribution in [0.2, 0.25) is 0 Å². The van der Waals surface area contributed by atoms with Crippen LogP contribution in [0.25, 0.3) is 16.9 Å². The van der Waals surface area contributed by atoms with E-state index in [-0.39, 0.29) is 6.10 Å². The quantitative estimate of drug-likeness (QED) is 0.774. The number of benzene rings is 1. The minimum Gasteiger partial charge on any atom is -0.497 e. The van der Waals surface area contributed by atoms with Crippen LogP contribution in [0.1, 0.15) is 30.5 Å². The predicted octanol–water partition coefficient (Wildman–Crippen LogP) is 2.85. The van der Waals surface area contributed by atoms with Gasteiger partial charge in [0, 0.05) is 36.0 Å². The summed E-state index contributed by atoms with van der Waals surface area (Å²) in [5, 5.41) is 15.1. The van der Waals surface area contributed by atoms with Crippen LogP contribution in [0.15, 0.2) is 30.3 Å². The molecule has 0 amide bonds. The first kappa shape index (κ1) is 16.6. The predicted molar refractivity (Wildman–Crippen MR) is 104 cm³/mol. The van der Waals surface area contributed by atoms with Gasteiger partial charge in [-0.2, -0.15) is 9.61 Å². The molecule has 2 aromatic heterocycles. The van der Waals surface area contributed by atoms with Gasteiger partial charge in [-0.15, -0.1) is 0 Å². The van der Waals surface area contributed by atoms with E-state index in [1.807, 2.05) is 28.8 Å². The molecule has 0 saturated carbocycles. The summed E-state index contributed by atoms with van der Waals surface area (Å²) in [6, 6.07) is 10.0. The number of ether oxygens (including phenoxy) is 1. The van der Waals surface area contributed by atoms with Crippen LogP contribution in [-0.4, -0.2) is 46.0 Å². The topological polar surface area (TPSA) is 62.9 Å². The second-order valence-electron chi connectivity index (χ2n) is 7.48. The molecule has 1 aliphatic heterocycles. The van der Waals surface area contributed by atoms with Crippen molar-refractivity contribution < 1.29 is 9.84 Å². The molecule has 1 aromatic carbocycles. The number of aryl methyl sites for hydroxylation is 1. The monoisotopic (exact) mass is 364 g/mol. The molecule has 1 N–H and O–H groups in total. The van der Waals surface area contributed by atoms with Crippen LogP contribution in [0.3, 0.4) is 0 Å². The number of aliphatic hydroxyl groups excluding tert-OH is 1. The summed E-state index contributed by atoms with van der Waals surface area (Å²) >= 11 is 0. The summed E-state index contributed by atoms with van der Waals surface area (Å²) in [7, 11) is 1.67. The molecule has 3 aromatic rings. The smallest absolute Gasteiger partial charge is 0.158 e. The van der Waals surface area contributed by atoms with E-state index in [9.17, 15) is 5.11 Å². The highest BCUT2D eigenvalue weighted by atomic mass is 16.5. The molecule has 0 bridgehead atoms. The molecule has 0 spiro atoms. The van der Waals surface area contributed by atoms with Crippen LogP contribution in [-0.2, 0) is 12.8 Å². The summed E-state index contributed by atoms with van der Waals surface area (Å²) in [6.07, 6.45) is 4.83. The van der Waals surface area contributed by atoms with Gasteiger partial charge in [0.05, 0.1) is 18.9 Å². The number of fused-ring (bicyclic) bond motifs is 2. The lowest BCUT2D eigenvalue weighted by atomic mass is 10.1. The van der Waals surface area contributed by atoms with Crippen molar-refractivity contribution in [3.05, 3.63) is 41.6 Å². The summed E-state index contributed by atoms with van der Waals surface area (Å²) in [5.41, 5.74) is 5.34. The van der Waals surface area contributed by atoms with Gasteiger partial charge < -0.3 is 14.7 Å². The Morgan fingerprint density at radius 1 is 1.15 bits per heavy atom. The van der Waals surface area contributed by atoms with Gasteiger partial charge >= 0.3 is 0 Å². The molecule has 1 saturated heterocycles. The van der Waals surface area contributed by atoms with Crippen LogP contribution >= 0.6 is 0 Å². The van der Waals surface area contributed by atoms with Crippen LogP contribution in [0.5, 0.6) is 5.75 Å². The van der Waals surface area contributed by atoms with E-state index in [0.717, 1.165) is 67.1 Å². The Kier molecular flexibility index (Phi) is 4.01. The molecule has 6 heteroatoms. The van der Waals surface area contributed by atoms with Gasteiger partial charge in [0.25, 0.3) is 0 Å². The Morgan fingerprint density at radius 3 is 2.78 bits per heavy atom. The molecule has 0 radical (unpaired) electrons. The average Bonchev–Trinajstić information content (AvgIpc) is 3.32. The molecule has 1 atom stereocenters. The van der Waals surface area contributed by atoms with E-state index in [2.05, 4.69) is 11.0 Å². The van der Waals surface area contributed by atoms with Gasteiger partial charge in [-0.25, -0.2) is 4.98 Å². The lowest BCUT2D eigenvalue weighted by Crippen LogP contribution is -2.40. The standard InChI is InChI=1S/C21H24N4O2/c1-27-16-9-7-14(8-10-16)19-12-20-22-18-6-2-5-17(18)21(25(20)23-19)24-11-3-4-15(26)13-24/h7-10,12,15,26H,2-6,11,13H2,1H3. The zero-order valence-electron chi connectivity index (χ0n) is 15.6. The first-order valence-corrected chi connectivity index (χ1v) is 9.72. The summed E-state index contributed by atoms with van der Waals surface area (Å²) < 4.78 is 7.25. The molecule has 5 rings (SSSR count). The third-order valence-corrected chi connectivity index (χ3v) is 5.68. The molecule has 2 aliphatic rings. The van der Waals surface area contributed by atoms with E-state index in [4.69, 9.17) is 14.8 Å². The molecule has 27 heavy (non-hydrogen) atoms. The van der Waals surface area contributed by atoms with E-state index in [1.165, 1.54) is 11.3 Å². The van der Waals surface area contributed by atoms with Crippen molar-refractivity contribution in [2.24, 2.45) is 0 Å². The van der Waals surface area contributed by atoms with Crippen molar-refractivity contribution in [3.63, 3.8) is 0 Å². The summed E-state index contributed by atoms with van der Waals surface area (Å²) in [6.45, 7) is 1.63. The fraction of sp³-hybridized carbons (Fsp3) is 0.429. The lowest BCUT2D eigenvalue weighted by molar-refractivity contribution is 0.153. The normalized spacial score (nSPS) is 19.5. The fourth-order valence-corrected chi connectivity index (χ4v) is 4.34. The van der Waals surface area contributed by atoms with Gasteiger partial charge in [0.15, 0.2) is 5.65 Å². The number of rotatable bonds is 3. The van der Waals surface area contributed by atoms with Crippen LogP contribution in [0, 0.1) is 0 Å². The number of hydrogen-bond acceptors (Lipinski definition) is 5. The Hall–Kier alpha value is -2.60. The molecule has 6 nitrogen and oxygen atoms in total. The van der Waals surface area contributed by atoms with Crippen molar-refractivity contribution in [1.82, 2.24) is 14.6 Å². The molecule has 140 valence electrons. The molecular formula is C21H24N4O2. The Bertz CT molecular complexity index is 980. The number of piperidine rings is 1. The van der Waals surface area contributed by atoms with Crippen molar-refractivity contribution in [3.8, 4) is 17.0 Å². The van der Waals surface area contributed by atoms with Crippen molar-refractivity contribution in [2.45, 2.75) is 38.2 Å². The first-order chi connectivity index (χ1) is 13.2. The average molecular weight is 364 g/mol. The van der Waals surface area contributed by atoms with Crippen LogP contribution < -0.4 is 9.64 Å². The van der Waals surface area contributed by atoms with Crippen molar-refractivity contribution in [1.29, 1.82) is 0 Å².